The van der Waals surface area contributed by atoms with Gasteiger partial charge in [-0.3, -0.25) is 0 Å². The number of rotatable bonds is 4. The van der Waals surface area contributed by atoms with Crippen molar-refractivity contribution in [2.45, 2.75) is 58.4 Å². The number of hydrogen-bond donors (Lipinski definition) is 1. The summed E-state index contributed by atoms with van der Waals surface area (Å²) in [5.74, 6) is 0. The second-order valence-electron chi connectivity index (χ2n) is 6.29. The SMILES string of the molecule is CCCCc1ccc(-n2c(C)cc3c2CCCC3N)cc1. The lowest BCUT2D eigenvalue weighted by Gasteiger charge is -2.21. The number of nitrogens with two attached hydrogens (primary N) is 1. The molecule has 0 fully saturated rings. The van der Waals surface area contributed by atoms with Crippen LogP contribution in [0.1, 0.15) is 61.2 Å². The minimum Gasteiger partial charge on any atom is -0.324 e. The highest BCUT2D eigenvalue weighted by Crippen LogP contribution is 2.32. The van der Waals surface area contributed by atoms with Gasteiger partial charge in [-0.2, -0.15) is 0 Å². The summed E-state index contributed by atoms with van der Waals surface area (Å²) in [7, 11) is 0. The first kappa shape index (κ1) is 14.4. The van der Waals surface area contributed by atoms with Crippen LogP contribution in [0.5, 0.6) is 0 Å². The molecule has 2 heteroatoms. The van der Waals surface area contributed by atoms with Gasteiger partial charge in [-0.15, -0.1) is 0 Å². The first-order valence-electron chi connectivity index (χ1n) is 8.26. The standard InChI is InChI=1S/C19H26N2/c1-3-4-6-15-9-11-16(12-10-15)21-14(2)13-17-18(20)7-5-8-19(17)21/h9-13,18H,3-8,20H2,1-2H3. The predicted molar refractivity (Wildman–Crippen MR) is 89.0 cm³/mol. The lowest BCUT2D eigenvalue weighted by Crippen LogP contribution is -2.17. The fourth-order valence-corrected chi connectivity index (χ4v) is 3.49. The highest BCUT2D eigenvalue weighted by atomic mass is 15.0. The van der Waals surface area contributed by atoms with Gasteiger partial charge in [0.1, 0.15) is 0 Å². The van der Waals surface area contributed by atoms with E-state index in [4.69, 9.17) is 5.73 Å². The van der Waals surface area contributed by atoms with Crippen molar-refractivity contribution >= 4 is 0 Å². The molecule has 2 N–H and O–H groups in total. The Balaban J connectivity index is 1.93. The second-order valence-corrected chi connectivity index (χ2v) is 6.29. The summed E-state index contributed by atoms with van der Waals surface area (Å²) in [6.45, 7) is 4.43. The first-order valence-corrected chi connectivity index (χ1v) is 8.26. The van der Waals surface area contributed by atoms with Gasteiger partial charge in [-0.1, -0.05) is 25.5 Å². The van der Waals surface area contributed by atoms with Crippen LogP contribution in [0.3, 0.4) is 0 Å². The third-order valence-corrected chi connectivity index (χ3v) is 4.66. The molecule has 1 aliphatic carbocycles. The molecule has 0 bridgehead atoms. The molecule has 0 saturated heterocycles. The van der Waals surface area contributed by atoms with E-state index >= 15 is 0 Å². The van der Waals surface area contributed by atoms with Crippen molar-refractivity contribution in [2.24, 2.45) is 5.73 Å². The average Bonchev–Trinajstić information content (AvgIpc) is 2.83. The molecular formula is C19H26N2. The van der Waals surface area contributed by atoms with E-state index in [-0.39, 0.29) is 6.04 Å². The Labute approximate surface area is 128 Å². The van der Waals surface area contributed by atoms with Crippen molar-refractivity contribution in [1.82, 2.24) is 4.57 Å². The smallest absolute Gasteiger partial charge is 0.0455 e. The number of hydrogen-bond acceptors (Lipinski definition) is 1. The fraction of sp³-hybridized carbons (Fsp3) is 0.474. The molecule has 1 aliphatic rings. The highest BCUT2D eigenvalue weighted by Gasteiger charge is 2.22. The van der Waals surface area contributed by atoms with Crippen molar-refractivity contribution in [3.63, 3.8) is 0 Å². The van der Waals surface area contributed by atoms with E-state index < -0.39 is 0 Å². The van der Waals surface area contributed by atoms with Crippen LogP contribution in [-0.4, -0.2) is 4.57 Å². The van der Waals surface area contributed by atoms with E-state index in [1.54, 1.807) is 0 Å². The molecule has 1 unspecified atom stereocenters. The van der Waals surface area contributed by atoms with Crippen LogP contribution in [-0.2, 0) is 12.8 Å². The van der Waals surface area contributed by atoms with E-state index in [2.05, 4.69) is 48.7 Å². The van der Waals surface area contributed by atoms with Crippen molar-refractivity contribution in [3.05, 3.63) is 52.8 Å². The summed E-state index contributed by atoms with van der Waals surface area (Å²) >= 11 is 0. The van der Waals surface area contributed by atoms with Crippen molar-refractivity contribution < 1.29 is 0 Å². The molecule has 1 aromatic heterocycles. The van der Waals surface area contributed by atoms with Crippen LogP contribution < -0.4 is 5.73 Å². The summed E-state index contributed by atoms with van der Waals surface area (Å²) in [4.78, 5) is 0. The third kappa shape index (κ3) is 2.77. The van der Waals surface area contributed by atoms with Crippen LogP contribution in [0.2, 0.25) is 0 Å². The van der Waals surface area contributed by atoms with Gasteiger partial charge in [0.15, 0.2) is 0 Å². The van der Waals surface area contributed by atoms with Gasteiger partial charge in [-0.25, -0.2) is 0 Å². The maximum absolute atomic E-state index is 6.27. The molecule has 2 aromatic rings. The molecule has 0 spiro atoms. The van der Waals surface area contributed by atoms with Crippen LogP contribution in [0.4, 0.5) is 0 Å². The molecule has 0 radical (unpaired) electrons. The Morgan fingerprint density at radius 1 is 1.24 bits per heavy atom. The minimum absolute atomic E-state index is 0.220. The van der Waals surface area contributed by atoms with E-state index in [0.29, 0.717) is 0 Å². The predicted octanol–water partition coefficient (Wildman–Crippen LogP) is 4.46. The quantitative estimate of drug-likeness (QED) is 0.881. The van der Waals surface area contributed by atoms with Crippen LogP contribution >= 0.6 is 0 Å². The lowest BCUT2D eigenvalue weighted by atomic mass is 9.93. The number of aromatic nitrogens is 1. The number of benzene rings is 1. The van der Waals surface area contributed by atoms with Gasteiger partial charge in [0, 0.05) is 23.1 Å². The Morgan fingerprint density at radius 2 is 2.00 bits per heavy atom. The van der Waals surface area contributed by atoms with Gasteiger partial charge in [0.2, 0.25) is 0 Å². The van der Waals surface area contributed by atoms with Crippen molar-refractivity contribution in [1.29, 1.82) is 0 Å². The summed E-state index contributed by atoms with van der Waals surface area (Å²) in [5.41, 5.74) is 13.1. The minimum atomic E-state index is 0.220. The molecule has 0 saturated carbocycles. The number of fused-ring (bicyclic) bond motifs is 1. The zero-order chi connectivity index (χ0) is 14.8. The van der Waals surface area contributed by atoms with Gasteiger partial charge in [0.25, 0.3) is 0 Å². The number of nitrogens with zero attached hydrogens (tertiary/aromatic N) is 1. The molecular weight excluding hydrogens is 256 g/mol. The van der Waals surface area contributed by atoms with Crippen molar-refractivity contribution in [2.75, 3.05) is 0 Å². The number of aryl methyl sites for hydroxylation is 2. The molecule has 1 heterocycles. The normalized spacial score (nSPS) is 17.8. The van der Waals surface area contributed by atoms with E-state index in [1.165, 1.54) is 53.9 Å². The maximum Gasteiger partial charge on any atom is 0.0455 e. The Hall–Kier alpha value is -1.54. The maximum atomic E-state index is 6.27. The zero-order valence-corrected chi connectivity index (χ0v) is 13.2. The number of unbranched alkanes of at least 4 members (excludes halogenated alkanes) is 1. The summed E-state index contributed by atoms with van der Waals surface area (Å²) < 4.78 is 2.40. The molecule has 112 valence electrons. The summed E-state index contributed by atoms with van der Waals surface area (Å²) in [6, 6.07) is 11.6. The monoisotopic (exact) mass is 282 g/mol. The molecule has 0 aliphatic heterocycles. The zero-order valence-electron chi connectivity index (χ0n) is 13.2. The van der Waals surface area contributed by atoms with Gasteiger partial charge < -0.3 is 10.3 Å². The second kappa shape index (κ2) is 6.07. The van der Waals surface area contributed by atoms with Gasteiger partial charge in [-0.05, 0) is 68.4 Å². The van der Waals surface area contributed by atoms with Crippen LogP contribution in [0.15, 0.2) is 30.3 Å². The van der Waals surface area contributed by atoms with Crippen molar-refractivity contribution in [3.8, 4) is 5.69 Å². The molecule has 0 amide bonds. The molecule has 2 nitrogen and oxygen atoms in total. The van der Waals surface area contributed by atoms with Gasteiger partial charge >= 0.3 is 0 Å². The molecule has 21 heavy (non-hydrogen) atoms. The molecule has 1 aromatic carbocycles. The average molecular weight is 282 g/mol. The largest absolute Gasteiger partial charge is 0.324 e. The highest BCUT2D eigenvalue weighted by molar-refractivity contribution is 5.44. The van der Waals surface area contributed by atoms with E-state index in [9.17, 15) is 0 Å². The van der Waals surface area contributed by atoms with Crippen LogP contribution in [0, 0.1) is 6.92 Å². The fourth-order valence-electron chi connectivity index (χ4n) is 3.49. The van der Waals surface area contributed by atoms with E-state index in [1.807, 2.05) is 0 Å². The Kier molecular flexibility index (Phi) is 4.16. The Bertz CT molecular complexity index is 607. The third-order valence-electron chi connectivity index (χ3n) is 4.66. The Morgan fingerprint density at radius 3 is 2.71 bits per heavy atom. The van der Waals surface area contributed by atoms with Crippen LogP contribution in [0.25, 0.3) is 5.69 Å². The molecule has 1 atom stereocenters. The molecule has 3 rings (SSSR count). The lowest BCUT2D eigenvalue weighted by molar-refractivity contribution is 0.560. The topological polar surface area (TPSA) is 30.9 Å². The summed E-state index contributed by atoms with van der Waals surface area (Å²) in [5, 5.41) is 0. The summed E-state index contributed by atoms with van der Waals surface area (Å²) in [6.07, 6.45) is 7.17. The van der Waals surface area contributed by atoms with E-state index in [0.717, 1.165) is 12.8 Å². The first-order chi connectivity index (χ1) is 10.2. The van der Waals surface area contributed by atoms with Gasteiger partial charge in [0.05, 0.1) is 0 Å².